The molecule has 1 fully saturated rings. The van der Waals surface area contributed by atoms with Crippen molar-refractivity contribution in [3.63, 3.8) is 0 Å². The Kier molecular flexibility index (Phi) is 6.73. The molecule has 19 heavy (non-hydrogen) atoms. The van der Waals surface area contributed by atoms with Crippen LogP contribution < -0.4 is 0 Å². The van der Waals surface area contributed by atoms with E-state index < -0.39 is 0 Å². The van der Waals surface area contributed by atoms with Crippen LogP contribution in [0, 0.1) is 5.41 Å². The highest BCUT2D eigenvalue weighted by molar-refractivity contribution is 5.96. The van der Waals surface area contributed by atoms with Gasteiger partial charge in [-0.05, 0) is 49.5 Å². The maximum absolute atomic E-state index is 12.0. The number of ketones is 1. The number of methoxy groups -OCH3 is 2. The van der Waals surface area contributed by atoms with Gasteiger partial charge < -0.3 is 9.47 Å². The molecule has 1 aliphatic carbocycles. The third-order valence-electron chi connectivity index (χ3n) is 3.88. The Morgan fingerprint density at radius 2 is 1.95 bits per heavy atom. The molecule has 0 unspecified atom stereocenters. The van der Waals surface area contributed by atoms with E-state index in [1.807, 2.05) is 0 Å². The van der Waals surface area contributed by atoms with Crippen LogP contribution in [0.5, 0.6) is 0 Å². The number of carbonyl (C=O) groups excluding carboxylic acids is 1. The first-order valence-electron chi connectivity index (χ1n) is 7.26. The summed E-state index contributed by atoms with van der Waals surface area (Å²) in [6.07, 6.45) is 8.88. The summed E-state index contributed by atoms with van der Waals surface area (Å²) >= 11 is 0. The molecule has 0 N–H and O–H groups in total. The quantitative estimate of drug-likeness (QED) is 0.399. The largest absolute Gasteiger partial charge is 0.356 e. The van der Waals surface area contributed by atoms with Gasteiger partial charge in [-0.2, -0.15) is 0 Å². The molecule has 1 saturated carbocycles. The van der Waals surface area contributed by atoms with Gasteiger partial charge in [0.1, 0.15) is 0 Å². The van der Waals surface area contributed by atoms with Crippen molar-refractivity contribution in [2.24, 2.45) is 5.41 Å². The maximum atomic E-state index is 12.0. The molecule has 0 aromatic carbocycles. The van der Waals surface area contributed by atoms with Crippen molar-refractivity contribution in [3.05, 3.63) is 11.6 Å². The van der Waals surface area contributed by atoms with Gasteiger partial charge in [-0.1, -0.05) is 19.9 Å². The molecule has 0 heterocycles. The standard InChI is InChI=1S/C16H28O3/c1-16(2)11-10-13(14(17)12-16)8-6-5-7-9-15(18-3)19-4/h8,15H,5-7,9-12H2,1-4H3/b13-8-. The maximum Gasteiger partial charge on any atom is 0.159 e. The van der Waals surface area contributed by atoms with Gasteiger partial charge in [0.05, 0.1) is 0 Å². The number of ether oxygens (including phenoxy) is 2. The van der Waals surface area contributed by atoms with Gasteiger partial charge in [0.2, 0.25) is 0 Å². The van der Waals surface area contributed by atoms with E-state index in [1.165, 1.54) is 0 Å². The van der Waals surface area contributed by atoms with Crippen LogP contribution >= 0.6 is 0 Å². The van der Waals surface area contributed by atoms with Gasteiger partial charge in [-0.3, -0.25) is 4.79 Å². The first kappa shape index (κ1) is 16.4. The molecule has 3 nitrogen and oxygen atoms in total. The molecule has 0 atom stereocenters. The van der Waals surface area contributed by atoms with E-state index in [2.05, 4.69) is 19.9 Å². The second kappa shape index (κ2) is 7.81. The van der Waals surface area contributed by atoms with Crippen molar-refractivity contribution in [2.45, 2.75) is 65.1 Å². The number of Topliss-reactive ketones (excluding diaryl/α,β-unsaturated/α-hetero) is 1. The molecular formula is C16H28O3. The first-order valence-corrected chi connectivity index (χ1v) is 7.26. The zero-order valence-electron chi connectivity index (χ0n) is 12.8. The van der Waals surface area contributed by atoms with Crippen molar-refractivity contribution in [1.29, 1.82) is 0 Å². The predicted molar refractivity (Wildman–Crippen MR) is 77.0 cm³/mol. The topological polar surface area (TPSA) is 35.5 Å². The predicted octanol–water partition coefficient (Wildman–Crippen LogP) is 3.87. The number of unbranched alkanes of at least 4 members (excludes halogenated alkanes) is 2. The number of rotatable bonds is 7. The lowest BCUT2D eigenvalue weighted by molar-refractivity contribution is -0.118. The van der Waals surface area contributed by atoms with E-state index in [0.717, 1.165) is 44.1 Å². The molecule has 110 valence electrons. The Morgan fingerprint density at radius 3 is 2.53 bits per heavy atom. The SMILES string of the molecule is COC(CCCC/C=C1/CCC(C)(C)CC1=O)OC. The molecule has 0 spiro atoms. The van der Waals surface area contributed by atoms with Crippen molar-refractivity contribution >= 4 is 5.78 Å². The lowest BCUT2D eigenvalue weighted by atomic mass is 9.74. The number of carbonyl (C=O) groups is 1. The Hall–Kier alpha value is -0.670. The fourth-order valence-corrected chi connectivity index (χ4v) is 2.53. The third-order valence-corrected chi connectivity index (χ3v) is 3.88. The Morgan fingerprint density at radius 1 is 1.26 bits per heavy atom. The van der Waals surface area contributed by atoms with E-state index in [1.54, 1.807) is 14.2 Å². The fraction of sp³-hybridized carbons (Fsp3) is 0.812. The molecule has 0 radical (unpaired) electrons. The molecule has 1 aliphatic rings. The minimum absolute atomic E-state index is 0.0928. The lowest BCUT2D eigenvalue weighted by Gasteiger charge is -2.29. The average Bonchev–Trinajstić information content (AvgIpc) is 2.35. The summed E-state index contributed by atoms with van der Waals surface area (Å²) in [6, 6.07) is 0. The highest BCUT2D eigenvalue weighted by atomic mass is 16.7. The van der Waals surface area contributed by atoms with Crippen LogP contribution in [0.1, 0.15) is 58.8 Å². The second-order valence-electron chi connectivity index (χ2n) is 6.18. The first-order chi connectivity index (χ1) is 8.98. The minimum Gasteiger partial charge on any atom is -0.356 e. The fourth-order valence-electron chi connectivity index (χ4n) is 2.53. The van der Waals surface area contributed by atoms with E-state index in [4.69, 9.17) is 9.47 Å². The number of allylic oxidation sites excluding steroid dienone is 2. The van der Waals surface area contributed by atoms with Crippen molar-refractivity contribution in [1.82, 2.24) is 0 Å². The van der Waals surface area contributed by atoms with Crippen LogP contribution in [-0.4, -0.2) is 26.3 Å². The van der Waals surface area contributed by atoms with Crippen molar-refractivity contribution in [2.75, 3.05) is 14.2 Å². The molecule has 0 saturated heterocycles. The molecule has 0 amide bonds. The normalized spacial score (nSPS) is 21.3. The number of hydrogen-bond acceptors (Lipinski definition) is 3. The van der Waals surface area contributed by atoms with Crippen LogP contribution in [0.15, 0.2) is 11.6 Å². The Bertz CT molecular complexity index is 314. The van der Waals surface area contributed by atoms with E-state index in [-0.39, 0.29) is 11.7 Å². The van der Waals surface area contributed by atoms with Crippen LogP contribution in [0.3, 0.4) is 0 Å². The molecule has 3 heteroatoms. The van der Waals surface area contributed by atoms with Crippen molar-refractivity contribution in [3.8, 4) is 0 Å². The van der Waals surface area contributed by atoms with Crippen LogP contribution in [0.2, 0.25) is 0 Å². The molecule has 0 aliphatic heterocycles. The van der Waals surface area contributed by atoms with Gasteiger partial charge >= 0.3 is 0 Å². The molecule has 1 rings (SSSR count). The second-order valence-corrected chi connectivity index (χ2v) is 6.18. The van der Waals surface area contributed by atoms with Gasteiger partial charge in [0.25, 0.3) is 0 Å². The zero-order chi connectivity index (χ0) is 14.3. The summed E-state index contributed by atoms with van der Waals surface area (Å²) in [5.41, 5.74) is 1.24. The highest BCUT2D eigenvalue weighted by Gasteiger charge is 2.29. The van der Waals surface area contributed by atoms with Crippen molar-refractivity contribution < 1.29 is 14.3 Å². The molecule has 0 aromatic rings. The van der Waals surface area contributed by atoms with E-state index in [9.17, 15) is 4.79 Å². The van der Waals surface area contributed by atoms with E-state index in [0.29, 0.717) is 12.2 Å². The summed E-state index contributed by atoms with van der Waals surface area (Å²) in [6.45, 7) is 4.36. The summed E-state index contributed by atoms with van der Waals surface area (Å²) in [7, 11) is 3.33. The molecule has 0 aromatic heterocycles. The van der Waals surface area contributed by atoms with E-state index >= 15 is 0 Å². The lowest BCUT2D eigenvalue weighted by Crippen LogP contribution is -2.24. The highest BCUT2D eigenvalue weighted by Crippen LogP contribution is 2.35. The molecular weight excluding hydrogens is 240 g/mol. The summed E-state index contributed by atoms with van der Waals surface area (Å²) in [4.78, 5) is 12.0. The number of hydrogen-bond donors (Lipinski definition) is 0. The smallest absolute Gasteiger partial charge is 0.159 e. The summed E-state index contributed by atoms with van der Waals surface area (Å²) < 4.78 is 10.3. The Labute approximate surface area is 117 Å². The average molecular weight is 268 g/mol. The van der Waals surface area contributed by atoms with Gasteiger partial charge in [0, 0.05) is 20.6 Å². The monoisotopic (exact) mass is 268 g/mol. The van der Waals surface area contributed by atoms with Crippen LogP contribution in [-0.2, 0) is 14.3 Å². The minimum atomic E-state index is -0.0928. The van der Waals surface area contributed by atoms with Gasteiger partial charge in [-0.15, -0.1) is 0 Å². The van der Waals surface area contributed by atoms with Crippen LogP contribution in [0.4, 0.5) is 0 Å². The summed E-state index contributed by atoms with van der Waals surface area (Å²) in [5, 5.41) is 0. The van der Waals surface area contributed by atoms with Gasteiger partial charge in [-0.25, -0.2) is 0 Å². The summed E-state index contributed by atoms with van der Waals surface area (Å²) in [5.74, 6) is 0.350. The molecule has 0 bridgehead atoms. The third kappa shape index (κ3) is 5.87. The zero-order valence-corrected chi connectivity index (χ0v) is 12.8. The Balaban J connectivity index is 2.24. The van der Waals surface area contributed by atoms with Gasteiger partial charge in [0.15, 0.2) is 12.1 Å². The van der Waals surface area contributed by atoms with Crippen LogP contribution in [0.25, 0.3) is 0 Å².